The van der Waals surface area contributed by atoms with E-state index in [0.29, 0.717) is 0 Å². The second kappa shape index (κ2) is 9.00. The van der Waals surface area contributed by atoms with Crippen LogP contribution in [0, 0.1) is 11.6 Å². The molecule has 0 unspecified atom stereocenters. The van der Waals surface area contributed by atoms with Crippen LogP contribution in [0.15, 0.2) is 84.0 Å². The van der Waals surface area contributed by atoms with Crippen LogP contribution < -0.4 is 10.0 Å². The Balaban J connectivity index is 1.56. The molecule has 4 aromatic rings. The van der Waals surface area contributed by atoms with Crippen molar-refractivity contribution in [2.24, 2.45) is 0 Å². The van der Waals surface area contributed by atoms with Crippen LogP contribution in [0.2, 0.25) is 5.02 Å². The predicted octanol–water partition coefficient (Wildman–Crippen LogP) is 4.86. The molecule has 0 radical (unpaired) electrons. The number of carbonyl (C=O) groups is 1. The number of nitrogens with zero attached hydrogens (tertiary/aromatic N) is 2. The van der Waals surface area contributed by atoms with Crippen molar-refractivity contribution in [2.45, 2.75) is 4.90 Å². The van der Waals surface area contributed by atoms with E-state index in [1.165, 1.54) is 47.3 Å². The lowest BCUT2D eigenvalue weighted by Crippen LogP contribution is -2.16. The van der Waals surface area contributed by atoms with Gasteiger partial charge in [-0.3, -0.25) is 9.52 Å². The Hall–Kier alpha value is -3.76. The molecule has 3 aromatic carbocycles. The van der Waals surface area contributed by atoms with Gasteiger partial charge < -0.3 is 5.32 Å². The molecule has 7 nitrogen and oxygen atoms in total. The van der Waals surface area contributed by atoms with Gasteiger partial charge in [0.2, 0.25) is 0 Å². The zero-order valence-corrected chi connectivity index (χ0v) is 18.2. The van der Waals surface area contributed by atoms with E-state index in [-0.39, 0.29) is 32.5 Å². The van der Waals surface area contributed by atoms with Gasteiger partial charge in [0.1, 0.15) is 16.4 Å². The Bertz CT molecular complexity index is 1430. The number of hydrogen-bond donors (Lipinski definition) is 2. The van der Waals surface area contributed by atoms with Gasteiger partial charge in [-0.15, -0.1) is 0 Å². The van der Waals surface area contributed by atoms with Crippen LogP contribution in [0.3, 0.4) is 0 Å². The first-order valence-electron chi connectivity index (χ1n) is 9.42. The van der Waals surface area contributed by atoms with Gasteiger partial charge in [0, 0.05) is 29.3 Å². The summed E-state index contributed by atoms with van der Waals surface area (Å²) in [7, 11) is -4.18. The first-order valence-corrected chi connectivity index (χ1v) is 11.3. The third-order valence-corrected chi connectivity index (χ3v) is 6.40. The maximum atomic E-state index is 14.4. The van der Waals surface area contributed by atoms with Crippen molar-refractivity contribution < 1.29 is 22.0 Å². The number of nitrogens with one attached hydrogen (secondary N) is 2. The fraction of sp³-hybridized carbons (Fsp3) is 0. The molecule has 4 rings (SSSR count). The van der Waals surface area contributed by atoms with Crippen molar-refractivity contribution in [1.82, 2.24) is 9.78 Å². The molecule has 1 amide bonds. The number of hydrogen-bond acceptors (Lipinski definition) is 4. The molecule has 2 N–H and O–H groups in total. The zero-order valence-electron chi connectivity index (χ0n) is 16.7. The summed E-state index contributed by atoms with van der Waals surface area (Å²) >= 11 is 6.06. The lowest BCUT2D eigenvalue weighted by Gasteiger charge is -2.12. The van der Waals surface area contributed by atoms with Crippen LogP contribution >= 0.6 is 11.6 Å². The zero-order chi connectivity index (χ0) is 23.6. The van der Waals surface area contributed by atoms with Crippen molar-refractivity contribution in [2.75, 3.05) is 10.0 Å². The lowest BCUT2D eigenvalue weighted by atomic mass is 10.2. The van der Waals surface area contributed by atoms with Gasteiger partial charge in [-0.2, -0.15) is 5.10 Å². The minimum absolute atomic E-state index is 0.0181. The summed E-state index contributed by atoms with van der Waals surface area (Å²) in [5.41, 5.74) is 0.465. The van der Waals surface area contributed by atoms with Crippen molar-refractivity contribution >= 4 is 38.9 Å². The fourth-order valence-corrected chi connectivity index (χ4v) is 4.55. The molecule has 0 aliphatic carbocycles. The summed E-state index contributed by atoms with van der Waals surface area (Å²) < 4.78 is 56.6. The van der Waals surface area contributed by atoms with Crippen molar-refractivity contribution in [1.29, 1.82) is 0 Å². The molecule has 168 valence electrons. The third kappa shape index (κ3) is 5.02. The van der Waals surface area contributed by atoms with E-state index in [1.807, 2.05) is 0 Å². The molecule has 33 heavy (non-hydrogen) atoms. The molecule has 0 aliphatic heterocycles. The summed E-state index contributed by atoms with van der Waals surface area (Å²) in [6.07, 6.45) is 3.08. The minimum Gasteiger partial charge on any atom is -0.322 e. The Kier molecular flexibility index (Phi) is 6.12. The molecule has 1 heterocycles. The fourth-order valence-electron chi connectivity index (χ4n) is 2.96. The first kappa shape index (κ1) is 22.4. The smallest absolute Gasteiger partial charge is 0.263 e. The van der Waals surface area contributed by atoms with E-state index in [1.54, 1.807) is 12.3 Å². The van der Waals surface area contributed by atoms with Crippen LogP contribution in [-0.4, -0.2) is 24.1 Å². The van der Waals surface area contributed by atoms with Gasteiger partial charge in [0.15, 0.2) is 5.82 Å². The van der Waals surface area contributed by atoms with E-state index in [0.717, 1.165) is 24.3 Å². The monoisotopic (exact) mass is 488 g/mol. The molecule has 0 saturated carbocycles. The SMILES string of the molecule is O=C(Nc1ccc(-n2cccn2)c(F)c1)c1ccc(Cl)c(S(=O)(=O)Nc2ccc(F)cc2)c1. The number of sulfonamides is 1. The maximum Gasteiger partial charge on any atom is 0.263 e. The van der Waals surface area contributed by atoms with Gasteiger partial charge >= 0.3 is 0 Å². The van der Waals surface area contributed by atoms with Crippen LogP contribution in [0.1, 0.15) is 10.4 Å². The number of benzene rings is 3. The maximum absolute atomic E-state index is 14.4. The normalized spacial score (nSPS) is 11.2. The number of rotatable bonds is 6. The van der Waals surface area contributed by atoms with Gasteiger partial charge in [-0.25, -0.2) is 21.9 Å². The first-order chi connectivity index (χ1) is 15.7. The van der Waals surface area contributed by atoms with E-state index in [4.69, 9.17) is 11.6 Å². The Morgan fingerprint density at radius 1 is 0.970 bits per heavy atom. The molecule has 1 aromatic heterocycles. The minimum atomic E-state index is -4.18. The van der Waals surface area contributed by atoms with Crippen LogP contribution in [-0.2, 0) is 10.0 Å². The van der Waals surface area contributed by atoms with E-state index in [9.17, 15) is 22.0 Å². The summed E-state index contributed by atoms with van der Waals surface area (Å²) in [5, 5.41) is 6.36. The Morgan fingerprint density at radius 2 is 1.70 bits per heavy atom. The standard InChI is InChI=1S/C22H15ClF2N4O3S/c23-18-8-2-14(12-21(18)33(31,32)28-16-5-3-15(24)4-6-16)22(30)27-17-7-9-20(19(25)13-17)29-11-1-10-26-29/h1-13,28H,(H,27,30). The quantitative estimate of drug-likeness (QED) is 0.405. The van der Waals surface area contributed by atoms with Gasteiger partial charge in [-0.05, 0) is 66.7 Å². The topological polar surface area (TPSA) is 93.1 Å². The van der Waals surface area contributed by atoms with Crippen molar-refractivity contribution in [3.63, 3.8) is 0 Å². The molecule has 0 fully saturated rings. The molecule has 0 atom stereocenters. The average Bonchev–Trinajstić information content (AvgIpc) is 3.30. The van der Waals surface area contributed by atoms with Crippen molar-refractivity contribution in [3.05, 3.63) is 101 Å². The Labute approximate surface area is 192 Å². The molecule has 11 heteroatoms. The van der Waals surface area contributed by atoms with Crippen LogP contribution in [0.25, 0.3) is 5.69 Å². The molecular weight excluding hydrogens is 474 g/mol. The highest BCUT2D eigenvalue weighted by molar-refractivity contribution is 7.92. The highest BCUT2D eigenvalue weighted by Crippen LogP contribution is 2.26. The van der Waals surface area contributed by atoms with E-state index >= 15 is 0 Å². The summed E-state index contributed by atoms with van der Waals surface area (Å²) in [6.45, 7) is 0. The number of aromatic nitrogens is 2. The van der Waals surface area contributed by atoms with Crippen LogP contribution in [0.5, 0.6) is 0 Å². The second-order valence-electron chi connectivity index (χ2n) is 6.83. The highest BCUT2D eigenvalue weighted by Gasteiger charge is 2.21. The van der Waals surface area contributed by atoms with E-state index < -0.39 is 27.6 Å². The molecule has 0 bridgehead atoms. The summed E-state index contributed by atoms with van der Waals surface area (Å²) in [4.78, 5) is 12.3. The average molecular weight is 489 g/mol. The third-order valence-electron chi connectivity index (χ3n) is 4.54. The molecule has 0 saturated heterocycles. The number of halogens is 3. The van der Waals surface area contributed by atoms with Gasteiger partial charge in [0.25, 0.3) is 15.9 Å². The Morgan fingerprint density at radius 3 is 2.36 bits per heavy atom. The molecule has 0 spiro atoms. The number of anilines is 2. The van der Waals surface area contributed by atoms with Gasteiger partial charge in [0.05, 0.1) is 5.02 Å². The second-order valence-corrected chi connectivity index (χ2v) is 8.89. The molecular formula is C22H15ClF2N4O3S. The summed E-state index contributed by atoms with van der Waals surface area (Å²) in [6, 6.07) is 14.1. The van der Waals surface area contributed by atoms with Gasteiger partial charge in [-0.1, -0.05) is 11.6 Å². The predicted molar refractivity (Wildman–Crippen MR) is 120 cm³/mol. The van der Waals surface area contributed by atoms with E-state index in [2.05, 4.69) is 15.1 Å². The number of amides is 1. The van der Waals surface area contributed by atoms with Crippen LogP contribution in [0.4, 0.5) is 20.2 Å². The largest absolute Gasteiger partial charge is 0.322 e. The molecule has 0 aliphatic rings. The lowest BCUT2D eigenvalue weighted by molar-refractivity contribution is 0.102. The highest BCUT2D eigenvalue weighted by atomic mass is 35.5. The summed E-state index contributed by atoms with van der Waals surface area (Å²) in [5.74, 6) is -1.81. The van der Waals surface area contributed by atoms with Crippen molar-refractivity contribution in [3.8, 4) is 5.69 Å². The number of carbonyl (C=O) groups excluding carboxylic acids is 1.